The molecule has 0 atom stereocenters. The molecule has 0 aromatic heterocycles. The van der Waals surface area contributed by atoms with Gasteiger partial charge in [-0.1, -0.05) is 24.3 Å². The van der Waals surface area contributed by atoms with Gasteiger partial charge in [0.25, 0.3) is 5.91 Å². The predicted molar refractivity (Wildman–Crippen MR) is 79.1 cm³/mol. The van der Waals surface area contributed by atoms with Crippen molar-refractivity contribution in [2.24, 2.45) is 0 Å². The minimum Gasteiger partial charge on any atom is -0.484 e. The van der Waals surface area contributed by atoms with Crippen LogP contribution in [0.1, 0.15) is 0 Å². The molecule has 0 radical (unpaired) electrons. The zero-order chi connectivity index (χ0) is 16.2. The molecule has 2 amide bonds. The van der Waals surface area contributed by atoms with Crippen molar-refractivity contribution in [2.75, 3.05) is 26.8 Å². The van der Waals surface area contributed by atoms with Gasteiger partial charge >= 0.3 is 5.97 Å². The summed E-state index contributed by atoms with van der Waals surface area (Å²) in [5, 5.41) is 4.92. The highest BCUT2D eigenvalue weighted by Crippen LogP contribution is 2.07. The molecule has 0 aliphatic carbocycles. The molecule has 1 aromatic carbocycles. The van der Waals surface area contributed by atoms with Crippen molar-refractivity contribution in [1.82, 2.24) is 10.6 Å². The zero-order valence-electron chi connectivity index (χ0n) is 12.2. The average Bonchev–Trinajstić information content (AvgIpc) is 2.55. The summed E-state index contributed by atoms with van der Waals surface area (Å²) in [5.74, 6) is -0.692. The second kappa shape index (κ2) is 9.98. The van der Waals surface area contributed by atoms with Crippen molar-refractivity contribution in [3.05, 3.63) is 42.5 Å². The maximum absolute atomic E-state index is 11.5. The number of nitrogens with one attached hydrogen (secondary N) is 2. The molecule has 7 nitrogen and oxygen atoms in total. The molecular weight excluding hydrogens is 288 g/mol. The number of amides is 2. The molecule has 0 saturated carbocycles. The van der Waals surface area contributed by atoms with Crippen molar-refractivity contribution in [3.63, 3.8) is 0 Å². The van der Waals surface area contributed by atoms with Crippen LogP contribution in [0.3, 0.4) is 0 Å². The lowest BCUT2D eigenvalue weighted by Crippen LogP contribution is -2.38. The van der Waals surface area contributed by atoms with E-state index in [4.69, 9.17) is 4.74 Å². The molecule has 0 spiro atoms. The summed E-state index contributed by atoms with van der Waals surface area (Å²) in [4.78, 5) is 33.7. The first-order chi connectivity index (χ1) is 10.6. The van der Waals surface area contributed by atoms with E-state index in [1.807, 2.05) is 6.07 Å². The first-order valence-corrected chi connectivity index (χ1v) is 6.57. The Labute approximate surface area is 128 Å². The van der Waals surface area contributed by atoms with Crippen LogP contribution in [0, 0.1) is 0 Å². The van der Waals surface area contributed by atoms with Crippen LogP contribution in [0.4, 0.5) is 0 Å². The fourth-order valence-corrected chi connectivity index (χ4v) is 1.35. The van der Waals surface area contributed by atoms with E-state index in [2.05, 4.69) is 15.4 Å². The number of methoxy groups -OCH3 is 1. The van der Waals surface area contributed by atoms with Crippen LogP contribution in [0.2, 0.25) is 0 Å². The van der Waals surface area contributed by atoms with E-state index in [0.717, 1.165) is 0 Å². The molecule has 7 heteroatoms. The van der Waals surface area contributed by atoms with E-state index < -0.39 is 11.9 Å². The molecule has 0 saturated heterocycles. The largest absolute Gasteiger partial charge is 0.484 e. The second-order valence-corrected chi connectivity index (χ2v) is 4.11. The van der Waals surface area contributed by atoms with Gasteiger partial charge in [0.15, 0.2) is 6.61 Å². The molecule has 1 rings (SSSR count). The second-order valence-electron chi connectivity index (χ2n) is 4.11. The number of carbonyl (C=O) groups is 3. The summed E-state index contributed by atoms with van der Waals surface area (Å²) in [7, 11) is 1.26. The Morgan fingerprint density at radius 2 is 1.82 bits per heavy atom. The lowest BCUT2D eigenvalue weighted by atomic mass is 10.3. The van der Waals surface area contributed by atoms with Gasteiger partial charge in [0.1, 0.15) is 5.75 Å². The van der Waals surface area contributed by atoms with Gasteiger partial charge in [-0.25, -0.2) is 4.79 Å². The first-order valence-electron chi connectivity index (χ1n) is 6.57. The van der Waals surface area contributed by atoms with Crippen molar-refractivity contribution in [2.45, 2.75) is 0 Å². The molecule has 0 bridgehead atoms. The van der Waals surface area contributed by atoms with E-state index in [9.17, 15) is 14.4 Å². The third-order valence-corrected chi connectivity index (χ3v) is 2.43. The van der Waals surface area contributed by atoms with Crippen LogP contribution in [-0.4, -0.2) is 44.6 Å². The van der Waals surface area contributed by atoms with Crippen molar-refractivity contribution in [1.29, 1.82) is 0 Å². The first kappa shape index (κ1) is 17.2. The van der Waals surface area contributed by atoms with Crippen LogP contribution in [0.25, 0.3) is 0 Å². The third kappa shape index (κ3) is 7.68. The molecule has 118 valence electrons. The van der Waals surface area contributed by atoms with Crippen LogP contribution < -0.4 is 15.4 Å². The van der Waals surface area contributed by atoms with Crippen molar-refractivity contribution >= 4 is 17.8 Å². The topological polar surface area (TPSA) is 93.7 Å². The smallest absolute Gasteiger partial charge is 0.330 e. The van der Waals surface area contributed by atoms with Crippen LogP contribution in [0.15, 0.2) is 42.5 Å². The molecule has 22 heavy (non-hydrogen) atoms. The number of rotatable bonds is 8. The van der Waals surface area contributed by atoms with E-state index in [1.54, 1.807) is 24.3 Å². The number of hydrogen-bond acceptors (Lipinski definition) is 5. The molecule has 0 aliphatic heterocycles. The minimum absolute atomic E-state index is 0.164. The van der Waals surface area contributed by atoms with Gasteiger partial charge in [-0.3, -0.25) is 9.59 Å². The third-order valence-electron chi connectivity index (χ3n) is 2.43. The molecule has 0 aliphatic rings. The lowest BCUT2D eigenvalue weighted by molar-refractivity contribution is -0.134. The molecule has 0 heterocycles. The highest BCUT2D eigenvalue weighted by molar-refractivity contribution is 5.85. The fraction of sp³-hybridized carbons (Fsp3) is 0.267. The van der Waals surface area contributed by atoms with Gasteiger partial charge in [-0.15, -0.1) is 0 Å². The van der Waals surface area contributed by atoms with Crippen LogP contribution in [-0.2, 0) is 19.1 Å². The van der Waals surface area contributed by atoms with Crippen LogP contribution in [0.5, 0.6) is 5.75 Å². The number of esters is 1. The van der Waals surface area contributed by atoms with E-state index in [1.165, 1.54) is 19.3 Å². The average molecular weight is 306 g/mol. The van der Waals surface area contributed by atoms with Crippen molar-refractivity contribution < 1.29 is 23.9 Å². The van der Waals surface area contributed by atoms with Gasteiger partial charge < -0.3 is 20.1 Å². The van der Waals surface area contributed by atoms with Gasteiger partial charge in [0.05, 0.1) is 13.7 Å². The summed E-state index contributed by atoms with van der Waals surface area (Å²) in [6, 6.07) is 8.89. The Morgan fingerprint density at radius 3 is 2.50 bits per heavy atom. The van der Waals surface area contributed by atoms with Crippen molar-refractivity contribution in [3.8, 4) is 5.75 Å². The summed E-state index contributed by atoms with van der Waals surface area (Å²) < 4.78 is 9.62. The summed E-state index contributed by atoms with van der Waals surface area (Å²) in [6.45, 7) is -0.160. The monoisotopic (exact) mass is 306 g/mol. The molecule has 0 unspecified atom stereocenters. The Kier molecular flexibility index (Phi) is 7.81. The van der Waals surface area contributed by atoms with Gasteiger partial charge in [-0.05, 0) is 12.1 Å². The molecule has 2 N–H and O–H groups in total. The maximum Gasteiger partial charge on any atom is 0.330 e. The number of carbonyl (C=O) groups excluding carboxylic acids is 3. The van der Waals surface area contributed by atoms with Gasteiger partial charge in [0.2, 0.25) is 5.91 Å². The number of hydrogen-bond donors (Lipinski definition) is 2. The van der Waals surface area contributed by atoms with E-state index in [0.29, 0.717) is 5.75 Å². The number of para-hydroxylation sites is 1. The highest BCUT2D eigenvalue weighted by Gasteiger charge is 2.05. The Morgan fingerprint density at radius 1 is 1.09 bits per heavy atom. The molecule has 1 aromatic rings. The number of benzene rings is 1. The van der Waals surface area contributed by atoms with E-state index >= 15 is 0 Å². The highest BCUT2D eigenvalue weighted by atomic mass is 16.5. The summed E-state index contributed by atoms with van der Waals surface area (Å²) in [6.07, 6.45) is 2.65. The maximum atomic E-state index is 11.5. The zero-order valence-corrected chi connectivity index (χ0v) is 12.2. The van der Waals surface area contributed by atoms with E-state index in [-0.39, 0.29) is 25.6 Å². The Balaban J connectivity index is 2.14. The standard InChI is InChI=1S/C15H18N2O5/c1-21-15(20)8-5-9-16-13(18)10-17-14(19)11-22-12-6-3-2-4-7-12/h2-8H,9-11H2,1H3,(H,16,18)(H,17,19)/b8-5+. The Bertz CT molecular complexity index is 528. The fourth-order valence-electron chi connectivity index (χ4n) is 1.35. The SMILES string of the molecule is COC(=O)/C=C/CNC(=O)CNC(=O)COc1ccccc1. The normalized spacial score (nSPS) is 10.0. The predicted octanol–water partition coefficient (Wildman–Crippen LogP) is 0.0270. The number of ether oxygens (including phenoxy) is 2. The summed E-state index contributed by atoms with van der Waals surface area (Å²) >= 11 is 0. The Hall–Kier alpha value is -2.83. The van der Waals surface area contributed by atoms with Gasteiger partial charge in [-0.2, -0.15) is 0 Å². The van der Waals surface area contributed by atoms with Gasteiger partial charge in [0, 0.05) is 12.6 Å². The molecular formula is C15H18N2O5. The summed E-state index contributed by atoms with van der Waals surface area (Å²) in [5.41, 5.74) is 0. The molecule has 0 fully saturated rings. The van der Waals surface area contributed by atoms with Crippen LogP contribution >= 0.6 is 0 Å². The minimum atomic E-state index is -0.499. The quantitative estimate of drug-likeness (QED) is 0.522. The lowest BCUT2D eigenvalue weighted by Gasteiger charge is -2.07.